The third-order valence-corrected chi connectivity index (χ3v) is 4.61. The number of aryl methyl sites for hydroxylation is 2. The summed E-state index contributed by atoms with van der Waals surface area (Å²) in [5.74, 6) is 0.0486. The van der Waals surface area contributed by atoms with Gasteiger partial charge in [-0.15, -0.1) is 0 Å². The fourth-order valence-corrected chi connectivity index (χ4v) is 3.46. The van der Waals surface area contributed by atoms with E-state index >= 15 is 0 Å². The zero-order valence-electron chi connectivity index (χ0n) is 12.5. The molecule has 1 aromatic rings. The summed E-state index contributed by atoms with van der Waals surface area (Å²) in [7, 11) is 0. The molecule has 1 aliphatic heterocycles. The van der Waals surface area contributed by atoms with E-state index in [0.29, 0.717) is 19.1 Å². The fourth-order valence-electron chi connectivity index (χ4n) is 3.46. The van der Waals surface area contributed by atoms with Crippen molar-refractivity contribution in [3.8, 4) is 0 Å². The highest BCUT2D eigenvalue weighted by Gasteiger charge is 2.23. The zero-order valence-corrected chi connectivity index (χ0v) is 12.5. The van der Waals surface area contributed by atoms with Gasteiger partial charge in [-0.25, -0.2) is 0 Å². The van der Waals surface area contributed by atoms with Crippen LogP contribution in [0.1, 0.15) is 40.7 Å². The third kappa shape index (κ3) is 3.27. The number of hydrogen-bond donors (Lipinski definition) is 2. The number of carbonyl (C=O) groups excluding carboxylic acids is 1. The highest BCUT2D eigenvalue weighted by atomic mass is 16.3. The summed E-state index contributed by atoms with van der Waals surface area (Å²) in [5, 5.41) is 12.7. The summed E-state index contributed by atoms with van der Waals surface area (Å²) in [6, 6.07) is 6.46. The first-order valence-corrected chi connectivity index (χ1v) is 8.03. The minimum absolute atomic E-state index is 0.0173. The maximum Gasteiger partial charge on any atom is 0.253 e. The summed E-state index contributed by atoms with van der Waals surface area (Å²) in [5.41, 5.74) is 3.48. The molecule has 2 N–H and O–H groups in total. The van der Waals surface area contributed by atoms with Crippen LogP contribution in [0.4, 0.5) is 0 Å². The van der Waals surface area contributed by atoms with Gasteiger partial charge in [-0.2, -0.15) is 0 Å². The van der Waals surface area contributed by atoms with Crippen LogP contribution >= 0.6 is 0 Å². The SMILES string of the molecule is O=C(c1ccc2c(c1)CCC2)N(CCO)CC1CCCN1. The number of benzene rings is 1. The second-order valence-electron chi connectivity index (χ2n) is 6.11. The molecule has 21 heavy (non-hydrogen) atoms. The van der Waals surface area contributed by atoms with Crippen molar-refractivity contribution in [3.05, 3.63) is 34.9 Å². The van der Waals surface area contributed by atoms with Crippen LogP contribution in [0, 0.1) is 0 Å². The van der Waals surface area contributed by atoms with E-state index in [1.54, 1.807) is 4.90 Å². The maximum absolute atomic E-state index is 12.7. The smallest absolute Gasteiger partial charge is 0.253 e. The molecule has 1 heterocycles. The Morgan fingerprint density at radius 2 is 2.14 bits per heavy atom. The lowest BCUT2D eigenvalue weighted by Crippen LogP contribution is -2.42. The Balaban J connectivity index is 1.73. The number of aliphatic hydroxyl groups excluding tert-OH is 1. The molecule has 114 valence electrons. The minimum atomic E-state index is 0.0173. The molecular formula is C17H24N2O2. The second kappa shape index (κ2) is 6.58. The average molecular weight is 288 g/mol. The summed E-state index contributed by atoms with van der Waals surface area (Å²) in [4.78, 5) is 14.5. The number of rotatable bonds is 5. The first kappa shape index (κ1) is 14.5. The van der Waals surface area contributed by atoms with Crippen molar-refractivity contribution >= 4 is 5.91 Å². The normalized spacial score (nSPS) is 20.5. The van der Waals surface area contributed by atoms with E-state index in [-0.39, 0.29) is 12.5 Å². The number of amides is 1. The summed E-state index contributed by atoms with van der Waals surface area (Å²) in [6.45, 7) is 2.15. The molecule has 1 amide bonds. The molecule has 0 radical (unpaired) electrons. The van der Waals surface area contributed by atoms with Crippen LogP contribution in [0.3, 0.4) is 0 Å². The molecule has 0 bridgehead atoms. The van der Waals surface area contributed by atoms with Crippen LogP contribution in [0.5, 0.6) is 0 Å². The van der Waals surface area contributed by atoms with Gasteiger partial charge in [0.15, 0.2) is 0 Å². The predicted molar refractivity (Wildman–Crippen MR) is 82.5 cm³/mol. The molecule has 2 aliphatic rings. The lowest BCUT2D eigenvalue weighted by Gasteiger charge is -2.25. The predicted octanol–water partition coefficient (Wildman–Crippen LogP) is 1.36. The average Bonchev–Trinajstić information content (AvgIpc) is 3.16. The Bertz CT molecular complexity index is 510. The second-order valence-corrected chi connectivity index (χ2v) is 6.11. The Morgan fingerprint density at radius 3 is 2.90 bits per heavy atom. The first-order valence-electron chi connectivity index (χ1n) is 8.03. The van der Waals surface area contributed by atoms with Crippen LogP contribution in [0.2, 0.25) is 0 Å². The molecular weight excluding hydrogens is 264 g/mol. The van der Waals surface area contributed by atoms with Crippen molar-refractivity contribution in [2.75, 3.05) is 26.2 Å². The van der Waals surface area contributed by atoms with Crippen molar-refractivity contribution in [3.63, 3.8) is 0 Å². The molecule has 1 unspecified atom stereocenters. The molecule has 4 nitrogen and oxygen atoms in total. The maximum atomic E-state index is 12.7. The van der Waals surface area contributed by atoms with Crippen LogP contribution in [0.25, 0.3) is 0 Å². The van der Waals surface area contributed by atoms with Crippen LogP contribution in [0.15, 0.2) is 18.2 Å². The Morgan fingerprint density at radius 1 is 1.29 bits per heavy atom. The first-order chi connectivity index (χ1) is 10.3. The molecule has 1 atom stereocenters. The van der Waals surface area contributed by atoms with Crippen LogP contribution < -0.4 is 5.32 Å². The molecule has 0 saturated carbocycles. The van der Waals surface area contributed by atoms with Gasteiger partial charge >= 0.3 is 0 Å². The van der Waals surface area contributed by atoms with Gasteiger partial charge in [0.1, 0.15) is 0 Å². The van der Waals surface area contributed by atoms with E-state index in [1.165, 1.54) is 24.0 Å². The van der Waals surface area contributed by atoms with Crippen molar-refractivity contribution in [1.29, 1.82) is 0 Å². The van der Waals surface area contributed by atoms with E-state index in [4.69, 9.17) is 0 Å². The fraction of sp³-hybridized carbons (Fsp3) is 0.588. The van der Waals surface area contributed by atoms with Gasteiger partial charge in [0, 0.05) is 24.7 Å². The van der Waals surface area contributed by atoms with E-state index in [1.807, 2.05) is 6.07 Å². The molecule has 3 rings (SSSR count). The monoisotopic (exact) mass is 288 g/mol. The lowest BCUT2D eigenvalue weighted by molar-refractivity contribution is 0.0706. The third-order valence-electron chi connectivity index (χ3n) is 4.61. The summed E-state index contributed by atoms with van der Waals surface area (Å²) in [6.07, 6.45) is 5.69. The largest absolute Gasteiger partial charge is 0.395 e. The van der Waals surface area contributed by atoms with E-state index in [0.717, 1.165) is 31.4 Å². The van der Waals surface area contributed by atoms with Crippen molar-refractivity contribution in [2.45, 2.75) is 38.1 Å². The number of nitrogens with zero attached hydrogens (tertiary/aromatic N) is 1. The zero-order chi connectivity index (χ0) is 14.7. The summed E-state index contributed by atoms with van der Waals surface area (Å²) < 4.78 is 0. The Kier molecular flexibility index (Phi) is 4.56. The molecule has 0 aromatic heterocycles. The van der Waals surface area contributed by atoms with E-state index in [2.05, 4.69) is 17.4 Å². The lowest BCUT2D eigenvalue weighted by atomic mass is 10.1. The molecule has 1 fully saturated rings. The van der Waals surface area contributed by atoms with Crippen molar-refractivity contribution in [2.24, 2.45) is 0 Å². The van der Waals surface area contributed by atoms with Crippen molar-refractivity contribution < 1.29 is 9.90 Å². The standard InChI is InChI=1S/C17H24N2O2/c20-10-9-19(12-16-5-2-8-18-16)17(21)15-7-6-13-3-1-4-14(13)11-15/h6-7,11,16,18,20H,1-5,8-10,12H2. The minimum Gasteiger partial charge on any atom is -0.395 e. The molecule has 0 spiro atoms. The Hall–Kier alpha value is -1.39. The highest BCUT2D eigenvalue weighted by Crippen LogP contribution is 2.23. The van der Waals surface area contributed by atoms with E-state index < -0.39 is 0 Å². The van der Waals surface area contributed by atoms with Crippen LogP contribution in [-0.4, -0.2) is 48.2 Å². The molecule has 4 heteroatoms. The van der Waals surface area contributed by atoms with Gasteiger partial charge in [-0.1, -0.05) is 6.07 Å². The number of carbonyl (C=O) groups is 1. The van der Waals surface area contributed by atoms with Crippen LogP contribution in [-0.2, 0) is 12.8 Å². The number of aliphatic hydroxyl groups is 1. The van der Waals surface area contributed by atoms with Gasteiger partial charge in [0.25, 0.3) is 5.91 Å². The van der Waals surface area contributed by atoms with E-state index in [9.17, 15) is 9.90 Å². The number of fused-ring (bicyclic) bond motifs is 1. The highest BCUT2D eigenvalue weighted by molar-refractivity contribution is 5.94. The molecule has 1 saturated heterocycles. The topological polar surface area (TPSA) is 52.6 Å². The summed E-state index contributed by atoms with van der Waals surface area (Å²) >= 11 is 0. The Labute approximate surface area is 126 Å². The van der Waals surface area contributed by atoms with Gasteiger partial charge < -0.3 is 15.3 Å². The molecule has 1 aromatic carbocycles. The van der Waals surface area contributed by atoms with Gasteiger partial charge in [-0.3, -0.25) is 4.79 Å². The number of hydrogen-bond acceptors (Lipinski definition) is 3. The quantitative estimate of drug-likeness (QED) is 0.860. The van der Waals surface area contributed by atoms with Gasteiger partial charge in [0.05, 0.1) is 6.61 Å². The number of nitrogens with one attached hydrogen (secondary N) is 1. The van der Waals surface area contributed by atoms with Crippen molar-refractivity contribution in [1.82, 2.24) is 10.2 Å². The van der Waals surface area contributed by atoms with Gasteiger partial charge in [0.2, 0.25) is 0 Å². The van der Waals surface area contributed by atoms with Gasteiger partial charge in [-0.05, 0) is 61.9 Å². The molecule has 1 aliphatic carbocycles.